The van der Waals surface area contributed by atoms with Gasteiger partial charge in [0.2, 0.25) is 5.43 Å². The first kappa shape index (κ1) is 23.4. The van der Waals surface area contributed by atoms with Gasteiger partial charge in [-0.15, -0.1) is 0 Å². The highest BCUT2D eigenvalue weighted by molar-refractivity contribution is 7.99. The predicted molar refractivity (Wildman–Crippen MR) is 124 cm³/mol. The van der Waals surface area contributed by atoms with Gasteiger partial charge in [-0.3, -0.25) is 4.79 Å². The van der Waals surface area contributed by atoms with Gasteiger partial charge in [0.05, 0.1) is 17.0 Å². The topological polar surface area (TPSA) is 77.8 Å². The minimum Gasteiger partial charge on any atom is -0.479 e. The molecule has 1 aromatic carbocycles. The molecule has 2 aromatic rings. The molecule has 1 atom stereocenters. The van der Waals surface area contributed by atoms with Crippen LogP contribution in [0.5, 0.6) is 11.5 Å². The third-order valence-electron chi connectivity index (χ3n) is 5.34. The number of para-hydroxylation sites is 1. The molecule has 168 valence electrons. The third kappa shape index (κ3) is 5.33. The SMILES string of the molecule is Cc1c(C(OC(C)(C)C)C(=O)O)n(C2CCSCC2)c(C)c(Oc2ccccc2)c1=O. The quantitative estimate of drug-likeness (QED) is 0.653. The normalized spacial score (nSPS) is 16.2. The molecule has 1 unspecified atom stereocenters. The number of aromatic nitrogens is 1. The zero-order chi connectivity index (χ0) is 22.8. The van der Waals surface area contributed by atoms with E-state index in [1.54, 1.807) is 19.1 Å². The van der Waals surface area contributed by atoms with Crippen LogP contribution in [0.15, 0.2) is 35.1 Å². The van der Waals surface area contributed by atoms with Gasteiger partial charge < -0.3 is 19.1 Å². The van der Waals surface area contributed by atoms with Gasteiger partial charge in [-0.2, -0.15) is 11.8 Å². The molecule has 3 rings (SSSR count). The maximum Gasteiger partial charge on any atom is 0.339 e. The summed E-state index contributed by atoms with van der Waals surface area (Å²) in [6.45, 7) is 8.96. The van der Waals surface area contributed by atoms with Gasteiger partial charge in [0, 0.05) is 11.6 Å². The van der Waals surface area contributed by atoms with Gasteiger partial charge >= 0.3 is 5.97 Å². The highest BCUT2D eigenvalue weighted by Crippen LogP contribution is 2.37. The van der Waals surface area contributed by atoms with E-state index in [0.717, 1.165) is 24.3 Å². The van der Waals surface area contributed by atoms with E-state index < -0.39 is 17.7 Å². The number of hydrogen-bond acceptors (Lipinski definition) is 5. The maximum absolute atomic E-state index is 13.4. The minimum atomic E-state index is -1.24. The standard InChI is InChI=1S/C24H31NO5S/c1-15-19(22(23(27)28)30-24(3,4)5)25(17-11-13-31-14-12-17)16(2)21(20(15)26)29-18-9-7-6-8-10-18/h6-10,17,22H,11-14H2,1-5H3,(H,27,28). The summed E-state index contributed by atoms with van der Waals surface area (Å²) in [5.74, 6) is 1.68. The van der Waals surface area contributed by atoms with Crippen LogP contribution in [-0.2, 0) is 9.53 Å². The average molecular weight is 446 g/mol. The third-order valence-corrected chi connectivity index (χ3v) is 6.39. The van der Waals surface area contributed by atoms with Crippen LogP contribution in [0.2, 0.25) is 0 Å². The number of ether oxygens (including phenoxy) is 2. The van der Waals surface area contributed by atoms with Crippen molar-refractivity contribution >= 4 is 17.7 Å². The fourth-order valence-electron chi connectivity index (χ4n) is 3.96. The first-order chi connectivity index (χ1) is 14.6. The van der Waals surface area contributed by atoms with Crippen molar-refractivity contribution in [3.05, 3.63) is 57.5 Å². The van der Waals surface area contributed by atoms with E-state index in [4.69, 9.17) is 9.47 Å². The van der Waals surface area contributed by atoms with Gasteiger partial charge in [0.15, 0.2) is 11.9 Å². The summed E-state index contributed by atoms with van der Waals surface area (Å²) in [6, 6.07) is 9.26. The Bertz CT molecular complexity index is 988. The van der Waals surface area contributed by atoms with Crippen LogP contribution in [0.1, 0.15) is 62.7 Å². The Labute approximate surface area is 187 Å². The molecule has 2 heterocycles. The fourth-order valence-corrected chi connectivity index (χ4v) is 5.04. The van der Waals surface area contributed by atoms with Crippen LogP contribution in [0.25, 0.3) is 0 Å². The maximum atomic E-state index is 13.4. The van der Waals surface area contributed by atoms with Crippen molar-refractivity contribution in [1.29, 1.82) is 0 Å². The molecule has 0 saturated carbocycles. The van der Waals surface area contributed by atoms with Crippen molar-refractivity contribution < 1.29 is 19.4 Å². The summed E-state index contributed by atoms with van der Waals surface area (Å²) < 4.78 is 14.0. The van der Waals surface area contributed by atoms with E-state index in [1.165, 1.54) is 0 Å². The van der Waals surface area contributed by atoms with Crippen LogP contribution < -0.4 is 10.2 Å². The molecule has 1 fully saturated rings. The molecule has 1 N–H and O–H groups in total. The summed E-state index contributed by atoms with van der Waals surface area (Å²) in [6.07, 6.45) is 0.549. The number of thioether (sulfide) groups is 1. The molecule has 0 radical (unpaired) electrons. The highest BCUT2D eigenvalue weighted by atomic mass is 32.2. The number of carboxylic acid groups (broad SMARTS) is 1. The van der Waals surface area contributed by atoms with E-state index >= 15 is 0 Å². The number of benzene rings is 1. The lowest BCUT2D eigenvalue weighted by Gasteiger charge is -2.34. The van der Waals surface area contributed by atoms with E-state index in [1.807, 2.05) is 62.2 Å². The molecule has 1 saturated heterocycles. The molecule has 1 aliphatic rings. The smallest absolute Gasteiger partial charge is 0.339 e. The lowest BCUT2D eigenvalue weighted by molar-refractivity contribution is -0.161. The van der Waals surface area contributed by atoms with Crippen molar-refractivity contribution in [3.63, 3.8) is 0 Å². The van der Waals surface area contributed by atoms with Crippen molar-refractivity contribution in [2.75, 3.05) is 11.5 Å². The molecule has 0 amide bonds. The number of nitrogens with zero attached hydrogens (tertiary/aromatic N) is 1. The largest absolute Gasteiger partial charge is 0.479 e. The summed E-state index contributed by atoms with van der Waals surface area (Å²) in [4.78, 5) is 25.6. The molecular formula is C24H31NO5S. The van der Waals surface area contributed by atoms with Crippen LogP contribution >= 0.6 is 11.8 Å². The molecule has 31 heavy (non-hydrogen) atoms. The van der Waals surface area contributed by atoms with E-state index in [2.05, 4.69) is 0 Å². The molecule has 0 aliphatic carbocycles. The molecule has 1 aliphatic heterocycles. The van der Waals surface area contributed by atoms with Gasteiger partial charge in [-0.1, -0.05) is 18.2 Å². The van der Waals surface area contributed by atoms with Crippen molar-refractivity contribution in [1.82, 2.24) is 4.57 Å². The Balaban J connectivity index is 2.23. The second kappa shape index (κ2) is 9.49. The highest BCUT2D eigenvalue weighted by Gasteiger charge is 2.35. The Kier molecular flexibility index (Phi) is 7.17. The summed E-state index contributed by atoms with van der Waals surface area (Å²) in [7, 11) is 0. The number of carbonyl (C=O) groups is 1. The first-order valence-corrected chi connectivity index (χ1v) is 11.7. The Hall–Kier alpha value is -2.25. The fraction of sp³-hybridized carbons (Fsp3) is 0.500. The van der Waals surface area contributed by atoms with E-state index in [0.29, 0.717) is 22.7 Å². The average Bonchev–Trinajstić information content (AvgIpc) is 2.73. The van der Waals surface area contributed by atoms with Crippen molar-refractivity contribution in [2.45, 2.75) is 65.2 Å². The number of pyridine rings is 1. The van der Waals surface area contributed by atoms with Gasteiger partial charge in [-0.05, 0) is 71.1 Å². The van der Waals surface area contributed by atoms with E-state index in [9.17, 15) is 14.7 Å². The van der Waals surface area contributed by atoms with Crippen LogP contribution in [0, 0.1) is 13.8 Å². The molecule has 7 heteroatoms. The molecule has 6 nitrogen and oxygen atoms in total. The molecule has 0 bridgehead atoms. The molecular weight excluding hydrogens is 414 g/mol. The number of aliphatic carboxylic acids is 1. The lowest BCUT2D eigenvalue weighted by Crippen LogP contribution is -2.34. The first-order valence-electron chi connectivity index (χ1n) is 10.6. The van der Waals surface area contributed by atoms with Gasteiger partial charge in [-0.25, -0.2) is 4.79 Å². The van der Waals surface area contributed by atoms with Crippen LogP contribution in [-0.4, -0.2) is 32.7 Å². The summed E-state index contributed by atoms with van der Waals surface area (Å²) in [5, 5.41) is 10.0. The molecule has 1 aromatic heterocycles. The Morgan fingerprint density at radius 3 is 2.32 bits per heavy atom. The lowest BCUT2D eigenvalue weighted by atomic mass is 10.0. The van der Waals surface area contributed by atoms with E-state index in [-0.39, 0.29) is 17.2 Å². The Morgan fingerprint density at radius 2 is 1.77 bits per heavy atom. The van der Waals surface area contributed by atoms with Gasteiger partial charge in [0.1, 0.15) is 5.75 Å². The molecule has 0 spiro atoms. The number of rotatable bonds is 6. The van der Waals surface area contributed by atoms with Crippen LogP contribution in [0.4, 0.5) is 0 Å². The minimum absolute atomic E-state index is 0.0825. The monoisotopic (exact) mass is 445 g/mol. The Morgan fingerprint density at radius 1 is 1.16 bits per heavy atom. The number of hydrogen-bond donors (Lipinski definition) is 1. The van der Waals surface area contributed by atoms with Gasteiger partial charge in [0.25, 0.3) is 0 Å². The predicted octanol–water partition coefficient (Wildman–Crippen LogP) is 5.27. The number of carboxylic acids is 1. The summed E-state index contributed by atoms with van der Waals surface area (Å²) in [5.41, 5.74) is 0.414. The van der Waals surface area contributed by atoms with Crippen LogP contribution in [0.3, 0.4) is 0 Å². The van der Waals surface area contributed by atoms with Crippen molar-refractivity contribution in [3.8, 4) is 11.5 Å². The summed E-state index contributed by atoms with van der Waals surface area (Å²) >= 11 is 1.89. The zero-order valence-electron chi connectivity index (χ0n) is 18.8. The second-order valence-corrected chi connectivity index (χ2v) is 10.1. The zero-order valence-corrected chi connectivity index (χ0v) is 19.6. The second-order valence-electron chi connectivity index (χ2n) is 8.83. The van der Waals surface area contributed by atoms with Crippen molar-refractivity contribution in [2.24, 2.45) is 0 Å².